The van der Waals surface area contributed by atoms with Gasteiger partial charge in [-0.25, -0.2) is 9.78 Å². The largest absolute Gasteiger partial charge is 0.481 e. The molecular formula is C19H21N5O5. The molecule has 10 nitrogen and oxygen atoms in total. The number of aromatic nitrogens is 4. The van der Waals surface area contributed by atoms with Crippen molar-refractivity contribution in [2.45, 2.75) is 25.8 Å². The van der Waals surface area contributed by atoms with Crippen molar-refractivity contribution in [3.05, 3.63) is 57.0 Å². The van der Waals surface area contributed by atoms with E-state index in [0.717, 1.165) is 10.1 Å². The molecule has 0 aliphatic carbocycles. The minimum absolute atomic E-state index is 0.0164. The summed E-state index contributed by atoms with van der Waals surface area (Å²) in [6, 6.07) is 7.01. The number of anilines is 1. The van der Waals surface area contributed by atoms with Crippen LogP contribution in [0.25, 0.3) is 11.2 Å². The van der Waals surface area contributed by atoms with Gasteiger partial charge in [0.25, 0.3) is 5.56 Å². The van der Waals surface area contributed by atoms with Gasteiger partial charge in [-0.2, -0.15) is 0 Å². The molecule has 10 heteroatoms. The van der Waals surface area contributed by atoms with Gasteiger partial charge in [-0.1, -0.05) is 12.1 Å². The average molecular weight is 399 g/mol. The number of nitrogens with one attached hydrogen (secondary N) is 1. The van der Waals surface area contributed by atoms with E-state index in [9.17, 15) is 19.2 Å². The Balaban J connectivity index is 1.70. The summed E-state index contributed by atoms with van der Waals surface area (Å²) in [4.78, 5) is 51.5. The van der Waals surface area contributed by atoms with Crippen molar-refractivity contribution >= 4 is 28.7 Å². The second-order valence-electron chi connectivity index (χ2n) is 6.71. The smallest absolute Gasteiger partial charge is 0.332 e. The summed E-state index contributed by atoms with van der Waals surface area (Å²) in [5.74, 6) is -1.14. The molecule has 0 radical (unpaired) electrons. The highest BCUT2D eigenvalue weighted by Gasteiger charge is 2.15. The van der Waals surface area contributed by atoms with E-state index in [0.29, 0.717) is 12.1 Å². The van der Waals surface area contributed by atoms with E-state index in [-0.39, 0.29) is 36.5 Å². The quantitative estimate of drug-likeness (QED) is 0.595. The molecule has 29 heavy (non-hydrogen) atoms. The number of fused-ring (bicyclic) bond motifs is 1. The molecule has 152 valence electrons. The number of carboxylic acid groups (broad SMARTS) is 1. The molecular weight excluding hydrogens is 378 g/mol. The molecule has 1 amide bonds. The Bertz CT molecular complexity index is 1200. The van der Waals surface area contributed by atoms with E-state index < -0.39 is 17.2 Å². The number of benzene rings is 1. The molecule has 0 unspecified atom stereocenters. The lowest BCUT2D eigenvalue weighted by Gasteiger charge is -2.09. The number of carboxylic acids is 1. The third-order valence-corrected chi connectivity index (χ3v) is 4.64. The summed E-state index contributed by atoms with van der Waals surface area (Å²) in [6.45, 7) is 0.217. The molecule has 0 bridgehead atoms. The second-order valence-corrected chi connectivity index (χ2v) is 6.71. The number of aliphatic carboxylic acids is 1. The molecule has 0 fully saturated rings. The second kappa shape index (κ2) is 8.13. The molecule has 0 atom stereocenters. The predicted molar refractivity (Wildman–Crippen MR) is 106 cm³/mol. The first-order valence-electron chi connectivity index (χ1n) is 8.99. The van der Waals surface area contributed by atoms with Crippen LogP contribution in [0.3, 0.4) is 0 Å². The molecule has 0 saturated heterocycles. The summed E-state index contributed by atoms with van der Waals surface area (Å²) in [6.07, 6.45) is 1.92. The fourth-order valence-electron chi connectivity index (χ4n) is 3.07. The minimum atomic E-state index is -0.879. The third-order valence-electron chi connectivity index (χ3n) is 4.64. The Morgan fingerprint density at radius 2 is 1.90 bits per heavy atom. The number of aryl methyl sites for hydroxylation is 3. The molecule has 2 N–H and O–H groups in total. The van der Waals surface area contributed by atoms with E-state index in [2.05, 4.69) is 10.3 Å². The van der Waals surface area contributed by atoms with Gasteiger partial charge in [0.15, 0.2) is 11.2 Å². The van der Waals surface area contributed by atoms with Crippen LogP contribution in [-0.4, -0.2) is 35.7 Å². The van der Waals surface area contributed by atoms with Crippen LogP contribution in [-0.2, 0) is 36.6 Å². The number of imidazole rings is 1. The Labute approximate surface area is 165 Å². The van der Waals surface area contributed by atoms with Gasteiger partial charge < -0.3 is 15.0 Å². The van der Waals surface area contributed by atoms with E-state index in [1.165, 1.54) is 25.0 Å². The third kappa shape index (κ3) is 4.26. The van der Waals surface area contributed by atoms with Crippen molar-refractivity contribution in [3.8, 4) is 0 Å². The van der Waals surface area contributed by atoms with Crippen LogP contribution in [0.5, 0.6) is 0 Å². The first-order chi connectivity index (χ1) is 13.8. The molecule has 2 aromatic heterocycles. The lowest BCUT2D eigenvalue weighted by molar-refractivity contribution is -0.137. The molecule has 0 spiro atoms. The zero-order valence-corrected chi connectivity index (χ0v) is 16.1. The topological polar surface area (TPSA) is 128 Å². The molecule has 0 aliphatic heterocycles. The van der Waals surface area contributed by atoms with Gasteiger partial charge >= 0.3 is 11.7 Å². The monoisotopic (exact) mass is 399 g/mol. The van der Waals surface area contributed by atoms with Crippen LogP contribution in [0.4, 0.5) is 5.69 Å². The number of carbonyl (C=O) groups excluding carboxylic acids is 1. The van der Waals surface area contributed by atoms with Crippen molar-refractivity contribution in [2.75, 3.05) is 5.32 Å². The van der Waals surface area contributed by atoms with Crippen molar-refractivity contribution in [1.82, 2.24) is 18.7 Å². The van der Waals surface area contributed by atoms with Gasteiger partial charge in [0, 0.05) is 39.2 Å². The summed E-state index contributed by atoms with van der Waals surface area (Å²) < 4.78 is 3.85. The van der Waals surface area contributed by atoms with Gasteiger partial charge in [-0.05, 0) is 24.1 Å². The Kier molecular flexibility index (Phi) is 5.62. The van der Waals surface area contributed by atoms with E-state index in [1.807, 2.05) is 0 Å². The molecule has 3 aromatic rings. The van der Waals surface area contributed by atoms with Gasteiger partial charge in [0.1, 0.15) is 0 Å². The normalized spacial score (nSPS) is 11.0. The van der Waals surface area contributed by atoms with Gasteiger partial charge in [0.2, 0.25) is 5.91 Å². The Morgan fingerprint density at radius 1 is 1.14 bits per heavy atom. The Morgan fingerprint density at radius 3 is 2.62 bits per heavy atom. The number of carbonyl (C=O) groups is 2. The maximum atomic E-state index is 12.4. The standard InChI is InChI=1S/C19H21N5O5/c1-22-17-16(18(28)23(2)19(22)29)24(11-20-17)9-8-14(25)21-13-5-3-4-12(10-13)6-7-15(26)27/h3-5,10-11H,6-9H2,1-2H3,(H,21,25)(H,26,27). The van der Waals surface area contributed by atoms with E-state index in [4.69, 9.17) is 5.11 Å². The van der Waals surface area contributed by atoms with Crippen molar-refractivity contribution in [2.24, 2.45) is 14.1 Å². The summed E-state index contributed by atoms with van der Waals surface area (Å²) in [5.41, 5.74) is 0.991. The van der Waals surface area contributed by atoms with Gasteiger partial charge in [-0.15, -0.1) is 0 Å². The van der Waals surface area contributed by atoms with Crippen molar-refractivity contribution in [3.63, 3.8) is 0 Å². The summed E-state index contributed by atoms with van der Waals surface area (Å²) in [5, 5.41) is 11.5. The molecule has 0 saturated carbocycles. The van der Waals surface area contributed by atoms with Crippen molar-refractivity contribution < 1.29 is 14.7 Å². The van der Waals surface area contributed by atoms with Crippen LogP contribution in [0.1, 0.15) is 18.4 Å². The number of hydrogen-bond donors (Lipinski definition) is 2. The fourth-order valence-corrected chi connectivity index (χ4v) is 3.07. The lowest BCUT2D eigenvalue weighted by atomic mass is 10.1. The molecule has 1 aromatic carbocycles. The summed E-state index contributed by atoms with van der Waals surface area (Å²) >= 11 is 0. The van der Waals surface area contributed by atoms with Crippen LogP contribution in [0.15, 0.2) is 40.2 Å². The summed E-state index contributed by atoms with van der Waals surface area (Å²) in [7, 11) is 2.93. The first-order valence-corrected chi connectivity index (χ1v) is 8.99. The van der Waals surface area contributed by atoms with Crippen molar-refractivity contribution in [1.29, 1.82) is 0 Å². The van der Waals surface area contributed by atoms with Crippen LogP contribution in [0.2, 0.25) is 0 Å². The number of hydrogen-bond acceptors (Lipinski definition) is 5. The fraction of sp³-hybridized carbons (Fsp3) is 0.316. The van der Waals surface area contributed by atoms with Gasteiger partial charge in [0.05, 0.1) is 6.33 Å². The zero-order chi connectivity index (χ0) is 21.1. The van der Waals surface area contributed by atoms with Crippen LogP contribution < -0.4 is 16.6 Å². The average Bonchev–Trinajstić information content (AvgIpc) is 3.12. The molecule has 2 heterocycles. The highest BCUT2D eigenvalue weighted by Crippen LogP contribution is 2.13. The zero-order valence-electron chi connectivity index (χ0n) is 16.1. The SMILES string of the molecule is Cn1c(=O)c2c(ncn2CCC(=O)Nc2cccc(CCC(=O)O)c2)n(C)c1=O. The minimum Gasteiger partial charge on any atom is -0.481 e. The highest BCUT2D eigenvalue weighted by molar-refractivity contribution is 5.90. The van der Waals surface area contributed by atoms with Gasteiger partial charge in [-0.3, -0.25) is 23.5 Å². The number of rotatable bonds is 7. The van der Waals surface area contributed by atoms with Crippen LogP contribution >= 0.6 is 0 Å². The lowest BCUT2D eigenvalue weighted by Crippen LogP contribution is -2.37. The first kappa shape index (κ1) is 20.1. The number of amides is 1. The van der Waals surface area contributed by atoms with E-state index in [1.54, 1.807) is 28.8 Å². The predicted octanol–water partition coefficient (Wildman–Crippen LogP) is 0.480. The highest BCUT2D eigenvalue weighted by atomic mass is 16.4. The maximum absolute atomic E-state index is 12.4. The number of nitrogens with zero attached hydrogens (tertiary/aromatic N) is 4. The van der Waals surface area contributed by atoms with Crippen LogP contribution in [0, 0.1) is 0 Å². The Hall–Kier alpha value is -3.69. The molecule has 3 rings (SSSR count). The molecule has 0 aliphatic rings. The van der Waals surface area contributed by atoms with E-state index >= 15 is 0 Å². The maximum Gasteiger partial charge on any atom is 0.332 e.